The van der Waals surface area contributed by atoms with Crippen LogP contribution in [0.1, 0.15) is 24.8 Å². The summed E-state index contributed by atoms with van der Waals surface area (Å²) in [5.41, 5.74) is 13.4. The molecule has 1 aromatic heterocycles. The molecule has 2 rings (SSSR count). The molecule has 2 atom stereocenters. The zero-order valence-corrected chi connectivity index (χ0v) is 9.81. The van der Waals surface area contributed by atoms with Crippen molar-refractivity contribution < 1.29 is 4.79 Å². The van der Waals surface area contributed by atoms with E-state index in [4.69, 9.17) is 11.5 Å². The maximum atomic E-state index is 10.9. The molecule has 2 unspecified atom stereocenters. The SMILES string of the molecule is CC(c1c[nH]c2ccccc12)C(N)CC(N)=O. The molecule has 1 aromatic carbocycles. The van der Waals surface area contributed by atoms with E-state index in [9.17, 15) is 4.79 Å². The number of nitrogens with two attached hydrogens (primary N) is 2. The highest BCUT2D eigenvalue weighted by Crippen LogP contribution is 2.27. The number of amides is 1. The number of aromatic nitrogens is 1. The van der Waals surface area contributed by atoms with Crippen molar-refractivity contribution >= 4 is 16.8 Å². The second kappa shape index (κ2) is 4.59. The van der Waals surface area contributed by atoms with Gasteiger partial charge in [-0.15, -0.1) is 0 Å². The smallest absolute Gasteiger partial charge is 0.218 e. The van der Waals surface area contributed by atoms with Gasteiger partial charge in [-0.05, 0) is 17.5 Å². The topological polar surface area (TPSA) is 84.9 Å². The summed E-state index contributed by atoms with van der Waals surface area (Å²) < 4.78 is 0. The number of para-hydroxylation sites is 1. The number of carbonyl (C=O) groups is 1. The molecule has 1 amide bonds. The van der Waals surface area contributed by atoms with E-state index < -0.39 is 0 Å². The maximum absolute atomic E-state index is 10.9. The van der Waals surface area contributed by atoms with Crippen molar-refractivity contribution in [3.63, 3.8) is 0 Å². The van der Waals surface area contributed by atoms with Gasteiger partial charge in [0.15, 0.2) is 0 Å². The lowest BCUT2D eigenvalue weighted by atomic mass is 9.91. The van der Waals surface area contributed by atoms with Gasteiger partial charge in [0.05, 0.1) is 0 Å². The Hall–Kier alpha value is -1.81. The molecular weight excluding hydrogens is 214 g/mol. The second-order valence-electron chi connectivity index (χ2n) is 4.41. The Kier molecular flexibility index (Phi) is 3.15. The molecule has 0 aliphatic rings. The second-order valence-corrected chi connectivity index (χ2v) is 4.41. The molecule has 5 N–H and O–H groups in total. The number of H-pyrrole nitrogens is 1. The maximum Gasteiger partial charge on any atom is 0.218 e. The van der Waals surface area contributed by atoms with Crippen LogP contribution in [-0.2, 0) is 4.79 Å². The van der Waals surface area contributed by atoms with Gasteiger partial charge in [0.2, 0.25) is 5.91 Å². The number of carbonyl (C=O) groups excluding carboxylic acids is 1. The molecule has 1 heterocycles. The molecule has 0 fully saturated rings. The van der Waals surface area contributed by atoms with Crippen molar-refractivity contribution in [2.24, 2.45) is 11.5 Å². The van der Waals surface area contributed by atoms with Gasteiger partial charge < -0.3 is 16.5 Å². The molecule has 0 saturated heterocycles. The van der Waals surface area contributed by atoms with Crippen LogP contribution in [0.3, 0.4) is 0 Å². The summed E-state index contributed by atoms with van der Waals surface area (Å²) in [5, 5.41) is 1.15. The third kappa shape index (κ3) is 2.31. The van der Waals surface area contributed by atoms with E-state index in [2.05, 4.69) is 11.1 Å². The van der Waals surface area contributed by atoms with Crippen LogP contribution in [0.15, 0.2) is 30.5 Å². The van der Waals surface area contributed by atoms with Crippen LogP contribution >= 0.6 is 0 Å². The first-order chi connectivity index (χ1) is 8.09. The fourth-order valence-corrected chi connectivity index (χ4v) is 2.11. The summed E-state index contributed by atoms with van der Waals surface area (Å²) in [6.07, 6.45) is 2.16. The summed E-state index contributed by atoms with van der Waals surface area (Å²) in [7, 11) is 0. The number of nitrogens with one attached hydrogen (secondary N) is 1. The van der Waals surface area contributed by atoms with Crippen molar-refractivity contribution in [3.05, 3.63) is 36.0 Å². The van der Waals surface area contributed by atoms with Crippen LogP contribution in [0.25, 0.3) is 10.9 Å². The zero-order chi connectivity index (χ0) is 12.4. The zero-order valence-electron chi connectivity index (χ0n) is 9.81. The summed E-state index contributed by atoms with van der Waals surface area (Å²) in [5.74, 6) is -0.261. The van der Waals surface area contributed by atoms with E-state index in [1.54, 1.807) is 0 Å². The largest absolute Gasteiger partial charge is 0.370 e. The molecule has 0 bridgehead atoms. The summed E-state index contributed by atoms with van der Waals surface area (Å²) in [6.45, 7) is 2.02. The van der Waals surface area contributed by atoms with Gasteiger partial charge >= 0.3 is 0 Å². The summed E-state index contributed by atoms with van der Waals surface area (Å²) in [6, 6.07) is 7.80. The number of hydrogen-bond donors (Lipinski definition) is 3. The molecular formula is C13H17N3O. The average Bonchev–Trinajstić information content (AvgIpc) is 2.70. The minimum absolute atomic E-state index is 0.0960. The first kappa shape index (κ1) is 11.7. The van der Waals surface area contributed by atoms with E-state index in [0.717, 1.165) is 16.5 Å². The summed E-state index contributed by atoms with van der Waals surface area (Å²) in [4.78, 5) is 14.1. The van der Waals surface area contributed by atoms with Crippen molar-refractivity contribution in [1.82, 2.24) is 4.98 Å². The first-order valence-electron chi connectivity index (χ1n) is 5.69. The molecule has 0 aliphatic heterocycles. The van der Waals surface area contributed by atoms with Gasteiger partial charge in [0.1, 0.15) is 0 Å². The van der Waals surface area contributed by atoms with E-state index >= 15 is 0 Å². The van der Waals surface area contributed by atoms with Crippen molar-refractivity contribution in [2.45, 2.75) is 25.3 Å². The number of aromatic amines is 1. The highest BCUT2D eigenvalue weighted by molar-refractivity contribution is 5.84. The molecule has 17 heavy (non-hydrogen) atoms. The third-order valence-electron chi connectivity index (χ3n) is 3.19. The lowest BCUT2D eigenvalue weighted by Crippen LogP contribution is -2.32. The van der Waals surface area contributed by atoms with Crippen molar-refractivity contribution in [1.29, 1.82) is 0 Å². The number of benzene rings is 1. The van der Waals surface area contributed by atoms with E-state index in [0.29, 0.717) is 0 Å². The van der Waals surface area contributed by atoms with Gasteiger partial charge in [-0.2, -0.15) is 0 Å². The van der Waals surface area contributed by atoms with E-state index in [1.165, 1.54) is 0 Å². The Balaban J connectivity index is 2.30. The summed E-state index contributed by atoms with van der Waals surface area (Å²) >= 11 is 0. The molecule has 0 radical (unpaired) electrons. The highest BCUT2D eigenvalue weighted by atomic mass is 16.1. The van der Waals surface area contributed by atoms with Crippen LogP contribution in [0, 0.1) is 0 Å². The normalized spacial score (nSPS) is 14.7. The minimum Gasteiger partial charge on any atom is -0.370 e. The Morgan fingerprint density at radius 1 is 1.41 bits per heavy atom. The van der Waals surface area contributed by atoms with Crippen LogP contribution in [0.4, 0.5) is 0 Å². The Morgan fingerprint density at radius 3 is 2.82 bits per heavy atom. The molecule has 0 spiro atoms. The average molecular weight is 231 g/mol. The molecule has 90 valence electrons. The highest BCUT2D eigenvalue weighted by Gasteiger charge is 2.19. The van der Waals surface area contributed by atoms with Crippen LogP contribution in [0.2, 0.25) is 0 Å². The molecule has 4 heteroatoms. The third-order valence-corrected chi connectivity index (χ3v) is 3.19. The molecule has 0 aliphatic carbocycles. The molecule has 2 aromatic rings. The van der Waals surface area contributed by atoms with E-state index in [1.807, 2.05) is 31.3 Å². The van der Waals surface area contributed by atoms with E-state index in [-0.39, 0.29) is 24.3 Å². The lowest BCUT2D eigenvalue weighted by Gasteiger charge is -2.18. The lowest BCUT2D eigenvalue weighted by molar-refractivity contribution is -0.118. The number of primary amides is 1. The minimum atomic E-state index is -0.357. The Bertz CT molecular complexity index is 532. The van der Waals surface area contributed by atoms with Crippen LogP contribution < -0.4 is 11.5 Å². The monoisotopic (exact) mass is 231 g/mol. The van der Waals surface area contributed by atoms with Crippen molar-refractivity contribution in [3.8, 4) is 0 Å². The van der Waals surface area contributed by atoms with Gasteiger partial charge in [-0.25, -0.2) is 0 Å². The fraction of sp³-hybridized carbons (Fsp3) is 0.308. The predicted molar refractivity (Wildman–Crippen MR) is 68.5 cm³/mol. The molecule has 0 saturated carbocycles. The van der Waals surface area contributed by atoms with Gasteiger partial charge in [0.25, 0.3) is 0 Å². The van der Waals surface area contributed by atoms with Crippen LogP contribution in [0.5, 0.6) is 0 Å². The van der Waals surface area contributed by atoms with Crippen molar-refractivity contribution in [2.75, 3.05) is 0 Å². The standard InChI is InChI=1S/C13H17N3O/c1-8(11(14)6-13(15)17)10-7-16-12-5-3-2-4-9(10)12/h2-5,7-8,11,16H,6,14H2,1H3,(H2,15,17). The molecule has 4 nitrogen and oxygen atoms in total. The number of hydrogen-bond acceptors (Lipinski definition) is 2. The Morgan fingerprint density at radius 2 is 2.12 bits per heavy atom. The fourth-order valence-electron chi connectivity index (χ4n) is 2.11. The predicted octanol–water partition coefficient (Wildman–Crippen LogP) is 1.47. The first-order valence-corrected chi connectivity index (χ1v) is 5.69. The van der Waals surface area contributed by atoms with Crippen LogP contribution in [-0.4, -0.2) is 16.9 Å². The number of fused-ring (bicyclic) bond motifs is 1. The van der Waals surface area contributed by atoms with Gasteiger partial charge in [-0.1, -0.05) is 25.1 Å². The van der Waals surface area contributed by atoms with Gasteiger partial charge in [0, 0.05) is 29.6 Å². The Labute approximate surface area is 100.0 Å². The number of rotatable bonds is 4. The van der Waals surface area contributed by atoms with Gasteiger partial charge in [-0.3, -0.25) is 4.79 Å². The quantitative estimate of drug-likeness (QED) is 0.744.